The van der Waals surface area contributed by atoms with Gasteiger partial charge in [-0.3, -0.25) is 15.5 Å². The summed E-state index contributed by atoms with van der Waals surface area (Å²) in [5.41, 5.74) is -0.577. The lowest BCUT2D eigenvalue weighted by atomic mass is 9.96. The highest BCUT2D eigenvalue weighted by molar-refractivity contribution is 6.06. The number of esters is 1. The van der Waals surface area contributed by atoms with E-state index in [1.807, 2.05) is 0 Å². The Morgan fingerprint density at radius 1 is 0.976 bits per heavy atom. The molecule has 0 aliphatic rings. The number of hydrogen-bond donors (Lipinski definition) is 5. The van der Waals surface area contributed by atoms with Crippen LogP contribution in [-0.4, -0.2) is 58.5 Å². The largest absolute Gasteiger partial charge is 0.444 e. The minimum atomic E-state index is -1.33. The molecule has 5 N–H and O–H groups in total. The fraction of sp³-hybridized carbons (Fsp3) is 0.483. The molecule has 2 unspecified atom stereocenters. The smallest absolute Gasteiger partial charge is 0.415 e. The van der Waals surface area contributed by atoms with Crippen molar-refractivity contribution in [3.8, 4) is 0 Å². The van der Waals surface area contributed by atoms with Crippen molar-refractivity contribution < 1.29 is 38.5 Å². The van der Waals surface area contributed by atoms with Crippen LogP contribution in [0.25, 0.3) is 0 Å². The Morgan fingerprint density at radius 2 is 1.54 bits per heavy atom. The molecule has 0 aliphatic carbocycles. The van der Waals surface area contributed by atoms with Crippen LogP contribution < -0.4 is 16.0 Å². The van der Waals surface area contributed by atoms with Crippen LogP contribution in [0.15, 0.2) is 48.1 Å². The Morgan fingerprint density at radius 3 is 2.02 bits per heavy atom. The summed E-state index contributed by atoms with van der Waals surface area (Å²) in [5, 5.41) is 25.8. The van der Waals surface area contributed by atoms with Crippen molar-refractivity contribution in [1.29, 1.82) is 5.41 Å². The number of nitrogens with one attached hydrogen (secondary N) is 4. The summed E-state index contributed by atoms with van der Waals surface area (Å²) in [6, 6.07) is 5.02. The molecule has 226 valence electrons. The van der Waals surface area contributed by atoms with Gasteiger partial charge in [0, 0.05) is 23.7 Å². The maximum atomic E-state index is 12.6. The zero-order valence-corrected chi connectivity index (χ0v) is 25.1. The summed E-state index contributed by atoms with van der Waals surface area (Å²) in [6.45, 7) is 18.2. The van der Waals surface area contributed by atoms with Gasteiger partial charge in [-0.25, -0.2) is 14.4 Å². The van der Waals surface area contributed by atoms with Gasteiger partial charge in [0.1, 0.15) is 23.1 Å². The molecule has 1 aromatic carbocycles. The Hall–Kier alpha value is -4.19. The van der Waals surface area contributed by atoms with E-state index in [1.165, 1.54) is 44.2 Å². The Labute approximate surface area is 241 Å². The fourth-order valence-electron chi connectivity index (χ4n) is 3.11. The second kappa shape index (κ2) is 14.4. The lowest BCUT2D eigenvalue weighted by molar-refractivity contribution is -0.168. The molecule has 0 radical (unpaired) electrons. The average molecular weight is 575 g/mol. The number of alkyl carbamates (subject to hydrolysis) is 2. The van der Waals surface area contributed by atoms with Crippen molar-refractivity contribution in [3.63, 3.8) is 0 Å². The number of anilines is 1. The SMILES string of the molecule is C=C(C)C(C)(O)/C=C(\C)C(=O)Nc1ccc(C(=N)NC(=O)OC(C)OC(=O)[C@@H](NC(=O)OC(C)(C)C)C(C)C)cc1. The van der Waals surface area contributed by atoms with Gasteiger partial charge in [0.05, 0.1) is 0 Å². The number of carbonyl (C=O) groups is 4. The standard InChI is InChI=1S/C29H42N4O8/c1-16(2)22(32-27(37)41-28(7,8)9)25(35)39-19(6)40-26(36)33-23(30)20-11-13-21(14-12-20)31-24(34)18(5)15-29(10,38)17(3)4/h11-16,19,22,38H,3H2,1-2,4-10H3,(H,31,34)(H,32,37)(H2,30,33,36)/b18-15+/t19?,22-,29?/m0/s1. The molecule has 0 heterocycles. The molecule has 0 bridgehead atoms. The van der Waals surface area contributed by atoms with E-state index in [0.717, 1.165) is 0 Å². The number of amidine groups is 1. The van der Waals surface area contributed by atoms with Crippen molar-refractivity contribution in [3.05, 3.63) is 53.6 Å². The number of amides is 3. The average Bonchev–Trinajstić information content (AvgIpc) is 2.80. The zero-order chi connectivity index (χ0) is 31.7. The Bertz CT molecular complexity index is 1180. The summed E-state index contributed by atoms with van der Waals surface area (Å²) in [7, 11) is 0. The lowest BCUT2D eigenvalue weighted by Gasteiger charge is -2.25. The summed E-state index contributed by atoms with van der Waals surface area (Å²) in [4.78, 5) is 49.4. The normalized spacial score (nSPS) is 14.6. The molecule has 12 nitrogen and oxygen atoms in total. The predicted molar refractivity (Wildman–Crippen MR) is 154 cm³/mol. The maximum Gasteiger partial charge on any atom is 0.415 e. The van der Waals surface area contributed by atoms with Gasteiger partial charge in [0.15, 0.2) is 0 Å². The van der Waals surface area contributed by atoms with Gasteiger partial charge in [-0.1, -0.05) is 20.4 Å². The van der Waals surface area contributed by atoms with Gasteiger partial charge in [0.2, 0.25) is 6.29 Å². The van der Waals surface area contributed by atoms with Gasteiger partial charge in [-0.05, 0) is 83.4 Å². The molecule has 0 saturated heterocycles. The van der Waals surface area contributed by atoms with E-state index in [9.17, 15) is 24.3 Å². The molecule has 0 aliphatic heterocycles. The second-order valence-corrected chi connectivity index (χ2v) is 11.1. The summed E-state index contributed by atoms with van der Waals surface area (Å²) in [6.07, 6.45) is -1.75. The van der Waals surface area contributed by atoms with Crippen LogP contribution in [0.1, 0.15) is 67.9 Å². The maximum absolute atomic E-state index is 12.6. The monoisotopic (exact) mass is 574 g/mol. The number of benzene rings is 1. The minimum Gasteiger partial charge on any atom is -0.444 e. The molecule has 3 atom stereocenters. The highest BCUT2D eigenvalue weighted by Crippen LogP contribution is 2.19. The molecule has 1 aromatic rings. The van der Waals surface area contributed by atoms with Gasteiger partial charge < -0.3 is 30.0 Å². The van der Waals surface area contributed by atoms with Crippen molar-refractivity contribution >= 4 is 35.6 Å². The fourth-order valence-corrected chi connectivity index (χ4v) is 3.11. The number of hydrogen-bond acceptors (Lipinski definition) is 9. The first-order valence-electron chi connectivity index (χ1n) is 13.0. The number of rotatable bonds is 10. The van der Waals surface area contributed by atoms with Gasteiger partial charge in [0.25, 0.3) is 5.91 Å². The molecular formula is C29H42N4O8. The van der Waals surface area contributed by atoms with Crippen LogP contribution >= 0.6 is 0 Å². The van der Waals surface area contributed by atoms with Gasteiger partial charge in [-0.2, -0.15) is 0 Å². The topological polar surface area (TPSA) is 176 Å². The molecule has 0 spiro atoms. The van der Waals surface area contributed by atoms with Crippen LogP contribution in [0.3, 0.4) is 0 Å². The lowest BCUT2D eigenvalue weighted by Crippen LogP contribution is -2.48. The van der Waals surface area contributed by atoms with Crippen molar-refractivity contribution in [2.45, 2.75) is 85.8 Å². The first-order chi connectivity index (χ1) is 18.7. The van der Waals surface area contributed by atoms with E-state index in [-0.39, 0.29) is 17.3 Å². The van der Waals surface area contributed by atoms with Crippen LogP contribution in [-0.2, 0) is 23.8 Å². The summed E-state index contributed by atoms with van der Waals surface area (Å²) >= 11 is 0. The van der Waals surface area contributed by atoms with Crippen LogP contribution in [0.4, 0.5) is 15.3 Å². The van der Waals surface area contributed by atoms with Crippen LogP contribution in [0.5, 0.6) is 0 Å². The van der Waals surface area contributed by atoms with E-state index < -0.39 is 47.6 Å². The van der Waals surface area contributed by atoms with E-state index >= 15 is 0 Å². The van der Waals surface area contributed by atoms with Gasteiger partial charge >= 0.3 is 18.2 Å². The minimum absolute atomic E-state index is 0.286. The molecule has 0 saturated carbocycles. The molecule has 3 amide bonds. The molecule has 12 heteroatoms. The van der Waals surface area contributed by atoms with Crippen LogP contribution in [0.2, 0.25) is 0 Å². The number of aliphatic hydroxyl groups is 1. The summed E-state index contributed by atoms with van der Waals surface area (Å²) < 4.78 is 15.3. The van der Waals surface area contributed by atoms with E-state index in [2.05, 4.69) is 22.5 Å². The predicted octanol–water partition coefficient (Wildman–Crippen LogP) is 4.39. The third-order valence-electron chi connectivity index (χ3n) is 5.53. The van der Waals surface area contributed by atoms with E-state index in [0.29, 0.717) is 16.8 Å². The highest BCUT2D eigenvalue weighted by atomic mass is 16.7. The zero-order valence-electron chi connectivity index (χ0n) is 25.1. The highest BCUT2D eigenvalue weighted by Gasteiger charge is 2.30. The summed E-state index contributed by atoms with van der Waals surface area (Å²) in [5.74, 6) is -1.90. The molecule has 1 rings (SSSR count). The second-order valence-electron chi connectivity index (χ2n) is 11.1. The molecule has 41 heavy (non-hydrogen) atoms. The molecule has 0 fully saturated rings. The van der Waals surface area contributed by atoms with Crippen LogP contribution in [0, 0.1) is 11.3 Å². The van der Waals surface area contributed by atoms with Crippen molar-refractivity contribution in [1.82, 2.24) is 10.6 Å². The Balaban J connectivity index is 2.69. The van der Waals surface area contributed by atoms with Gasteiger partial charge in [-0.15, -0.1) is 0 Å². The molecular weight excluding hydrogens is 532 g/mol. The van der Waals surface area contributed by atoms with E-state index in [4.69, 9.17) is 19.6 Å². The Kier molecular flexibility index (Phi) is 12.3. The number of ether oxygens (including phenoxy) is 3. The van der Waals surface area contributed by atoms with Crippen molar-refractivity contribution in [2.75, 3.05) is 5.32 Å². The quantitative estimate of drug-likeness (QED) is 0.0682. The molecule has 0 aromatic heterocycles. The van der Waals surface area contributed by atoms with E-state index in [1.54, 1.807) is 48.5 Å². The third-order valence-corrected chi connectivity index (χ3v) is 5.53. The third kappa shape index (κ3) is 12.2. The number of carbonyl (C=O) groups excluding carboxylic acids is 4. The first-order valence-corrected chi connectivity index (χ1v) is 13.0. The first kappa shape index (κ1) is 34.8. The van der Waals surface area contributed by atoms with Crippen molar-refractivity contribution in [2.24, 2.45) is 5.92 Å².